The van der Waals surface area contributed by atoms with Crippen LogP contribution in [0.4, 0.5) is 13.2 Å². The van der Waals surface area contributed by atoms with Crippen molar-refractivity contribution in [1.82, 2.24) is 0 Å². The van der Waals surface area contributed by atoms with E-state index >= 15 is 0 Å². The summed E-state index contributed by atoms with van der Waals surface area (Å²) in [6.07, 6.45) is -2.08. The van der Waals surface area contributed by atoms with E-state index in [1.54, 1.807) is 0 Å². The maximum absolute atomic E-state index is 12.7. The lowest BCUT2D eigenvalue weighted by Gasteiger charge is -2.23. The van der Waals surface area contributed by atoms with Crippen LogP contribution >= 0.6 is 0 Å². The minimum Gasteiger partial charge on any atom is -0.456 e. The molecule has 0 rings (SSSR count). The molecule has 74 valence electrons. The van der Waals surface area contributed by atoms with Crippen molar-refractivity contribution in [2.45, 2.75) is 38.3 Å². The lowest BCUT2D eigenvalue weighted by molar-refractivity contribution is 0.00333. The third-order valence-corrected chi connectivity index (χ3v) is 6.27. The van der Waals surface area contributed by atoms with Gasteiger partial charge < -0.3 is 4.12 Å². The van der Waals surface area contributed by atoms with Gasteiger partial charge >= 0.3 is 0 Å². The molecular weight excluding hydrogens is 201 g/mol. The van der Waals surface area contributed by atoms with Gasteiger partial charge in [0.05, 0.1) is 0 Å². The third kappa shape index (κ3) is 4.94. The maximum atomic E-state index is 12.7. The van der Waals surface area contributed by atoms with E-state index in [-0.39, 0.29) is 0 Å². The second-order valence-corrected chi connectivity index (χ2v) is 10.4. The van der Waals surface area contributed by atoms with Gasteiger partial charge in [0.15, 0.2) is 14.5 Å². The molecule has 0 radical (unpaired) electrons. The molecule has 0 spiro atoms. The summed E-state index contributed by atoms with van der Waals surface area (Å²) < 4.78 is 42.6. The Hall–Kier alpha value is 0.184. The van der Waals surface area contributed by atoms with Gasteiger partial charge in [0.2, 0.25) is 9.76 Å². The van der Waals surface area contributed by atoms with Crippen molar-refractivity contribution in [2.24, 2.45) is 0 Å². The lowest BCUT2D eigenvalue weighted by atomic mass is 10.5. The number of hydrogen-bond acceptors (Lipinski definition) is 1. The average molecular weight is 216 g/mol. The van der Waals surface area contributed by atoms with Crippen molar-refractivity contribution < 1.29 is 17.3 Å². The lowest BCUT2D eigenvalue weighted by Crippen LogP contribution is -2.41. The van der Waals surface area contributed by atoms with Crippen LogP contribution in [-0.4, -0.2) is 29.8 Å². The van der Waals surface area contributed by atoms with Crippen LogP contribution < -0.4 is 0 Å². The fourth-order valence-corrected chi connectivity index (χ4v) is 3.16. The van der Waals surface area contributed by atoms with Gasteiger partial charge in [-0.15, -0.1) is 0 Å². The first kappa shape index (κ1) is 12.2. The highest BCUT2D eigenvalue weighted by Crippen LogP contribution is 2.21. The Kier molecular flexibility index (Phi) is 3.99. The van der Waals surface area contributed by atoms with Crippen LogP contribution in [0, 0.1) is 0 Å². The van der Waals surface area contributed by atoms with Crippen molar-refractivity contribution in [3.05, 3.63) is 0 Å². The van der Waals surface area contributed by atoms with Crippen LogP contribution in [-0.2, 0) is 4.12 Å². The number of alkyl halides is 3. The number of hydrogen-bond donors (Lipinski definition) is 0. The Balaban J connectivity index is 3.93. The van der Waals surface area contributed by atoms with Gasteiger partial charge in [-0.1, -0.05) is 0 Å². The molecule has 0 bridgehead atoms. The molecular formula is C6H15F3OSi2. The molecule has 1 unspecified atom stereocenters. The van der Waals surface area contributed by atoms with E-state index < -0.39 is 29.8 Å². The van der Waals surface area contributed by atoms with E-state index in [4.69, 9.17) is 4.12 Å². The predicted molar refractivity (Wildman–Crippen MR) is 48.5 cm³/mol. The molecule has 0 saturated heterocycles. The molecule has 1 atom stereocenters. The second-order valence-electron chi connectivity index (χ2n) is 3.78. The van der Waals surface area contributed by atoms with Gasteiger partial charge in [-0.2, -0.15) is 0 Å². The normalized spacial score (nSPS) is 17.2. The minimum atomic E-state index is -3.21. The Bertz CT molecular complexity index is 144. The van der Waals surface area contributed by atoms with Gasteiger partial charge in [-0.3, -0.25) is 0 Å². The fraction of sp³-hybridized carbons (Fsp3) is 1.00. The second kappa shape index (κ2) is 3.93. The zero-order chi connectivity index (χ0) is 9.99. The van der Waals surface area contributed by atoms with Crippen LogP contribution in [0.5, 0.6) is 0 Å². The quantitative estimate of drug-likeness (QED) is 0.652. The van der Waals surface area contributed by atoms with Crippen LogP contribution in [0.3, 0.4) is 0 Å². The molecule has 0 aliphatic heterocycles. The average Bonchev–Trinajstić information content (AvgIpc) is 1.82. The molecule has 6 heteroatoms. The van der Waals surface area contributed by atoms with Gasteiger partial charge in [-0.05, 0) is 26.6 Å². The SMILES string of the molecule is CC(F)C(F)(F)[SiH2]O[Si](C)(C)C. The molecule has 0 aliphatic rings. The van der Waals surface area contributed by atoms with Crippen molar-refractivity contribution in [3.63, 3.8) is 0 Å². The highest BCUT2D eigenvalue weighted by molar-refractivity contribution is 6.74. The highest BCUT2D eigenvalue weighted by Gasteiger charge is 2.39. The summed E-state index contributed by atoms with van der Waals surface area (Å²) in [4.78, 5) is 0. The standard InChI is InChI=1S/C6H15F3OSi2/c1-5(7)6(8,9)11-10-12(2,3)4/h5H,11H2,1-4H3. The third-order valence-electron chi connectivity index (χ3n) is 1.28. The molecule has 0 N–H and O–H groups in total. The Morgan fingerprint density at radius 2 is 1.75 bits per heavy atom. The molecule has 0 saturated carbocycles. The van der Waals surface area contributed by atoms with Crippen molar-refractivity contribution in [2.75, 3.05) is 0 Å². The Morgan fingerprint density at radius 3 is 2.00 bits per heavy atom. The summed E-state index contributed by atoms with van der Waals surface area (Å²) in [6, 6.07) is 0. The van der Waals surface area contributed by atoms with Crippen LogP contribution in [0.2, 0.25) is 19.6 Å². The van der Waals surface area contributed by atoms with Gasteiger partial charge in [0.1, 0.15) is 0 Å². The zero-order valence-electron chi connectivity index (χ0n) is 7.83. The van der Waals surface area contributed by atoms with E-state index in [1.807, 2.05) is 19.6 Å². The van der Waals surface area contributed by atoms with Crippen molar-refractivity contribution in [1.29, 1.82) is 0 Å². The molecule has 0 heterocycles. The van der Waals surface area contributed by atoms with E-state index in [9.17, 15) is 13.2 Å². The largest absolute Gasteiger partial charge is 0.456 e. The number of rotatable bonds is 4. The monoisotopic (exact) mass is 216 g/mol. The summed E-state index contributed by atoms with van der Waals surface area (Å²) in [5, 5.41) is 0. The number of halogens is 3. The first-order chi connectivity index (χ1) is 5.15. The fourth-order valence-electron chi connectivity index (χ4n) is 0.428. The minimum absolute atomic E-state index is 0.876. The molecule has 0 aromatic heterocycles. The topological polar surface area (TPSA) is 9.23 Å². The Morgan fingerprint density at radius 1 is 1.33 bits per heavy atom. The van der Waals surface area contributed by atoms with E-state index in [1.165, 1.54) is 0 Å². The molecule has 0 aromatic rings. The van der Waals surface area contributed by atoms with E-state index in [0.717, 1.165) is 6.92 Å². The molecule has 12 heavy (non-hydrogen) atoms. The first-order valence-corrected chi connectivity index (χ1v) is 8.50. The van der Waals surface area contributed by atoms with Crippen molar-refractivity contribution >= 4 is 18.1 Å². The summed E-state index contributed by atoms with van der Waals surface area (Å²) in [5.74, 6) is 0. The van der Waals surface area contributed by atoms with E-state index in [0.29, 0.717) is 0 Å². The molecule has 1 nitrogen and oxygen atoms in total. The van der Waals surface area contributed by atoms with Gasteiger partial charge in [0.25, 0.3) is 5.55 Å². The molecule has 0 aliphatic carbocycles. The zero-order valence-corrected chi connectivity index (χ0v) is 10.2. The van der Waals surface area contributed by atoms with Crippen molar-refractivity contribution in [3.8, 4) is 0 Å². The van der Waals surface area contributed by atoms with E-state index in [2.05, 4.69) is 0 Å². The summed E-state index contributed by atoms with van der Waals surface area (Å²) >= 11 is 0. The molecule has 0 fully saturated rings. The summed E-state index contributed by atoms with van der Waals surface area (Å²) in [7, 11) is -3.96. The van der Waals surface area contributed by atoms with Crippen LogP contribution in [0.25, 0.3) is 0 Å². The molecule has 0 amide bonds. The smallest absolute Gasteiger partial charge is 0.279 e. The maximum Gasteiger partial charge on any atom is 0.279 e. The summed E-state index contributed by atoms with van der Waals surface area (Å²) in [6.45, 7) is 6.33. The first-order valence-electron chi connectivity index (χ1n) is 3.81. The predicted octanol–water partition coefficient (Wildman–Crippen LogP) is 1.87. The summed E-state index contributed by atoms with van der Waals surface area (Å²) in [5.41, 5.74) is -3.21. The van der Waals surface area contributed by atoms with Gasteiger partial charge in [0, 0.05) is 0 Å². The van der Waals surface area contributed by atoms with Gasteiger partial charge in [-0.25, -0.2) is 13.2 Å². The van der Waals surface area contributed by atoms with Crippen LogP contribution in [0.1, 0.15) is 6.92 Å². The Labute approximate surface area is 74.4 Å². The van der Waals surface area contributed by atoms with Crippen LogP contribution in [0.15, 0.2) is 0 Å². The molecule has 0 aromatic carbocycles. The highest BCUT2D eigenvalue weighted by atomic mass is 28.4.